The third-order valence-corrected chi connectivity index (χ3v) is 3.11. The van der Waals surface area contributed by atoms with Gasteiger partial charge in [0.2, 0.25) is 9.04 Å². The number of nitrogens with zero attached hydrogens (tertiary/aromatic N) is 3. The first kappa shape index (κ1) is 13.4. The van der Waals surface area contributed by atoms with Crippen LogP contribution in [0.15, 0.2) is 41.7 Å². The molecule has 0 aliphatic carbocycles. The molecule has 4 nitrogen and oxygen atoms in total. The van der Waals surface area contributed by atoms with Crippen molar-refractivity contribution in [1.29, 1.82) is 0 Å². The van der Waals surface area contributed by atoms with Crippen LogP contribution in [0.3, 0.4) is 0 Å². The summed E-state index contributed by atoms with van der Waals surface area (Å²) in [6, 6.07) is 7.78. The average Bonchev–Trinajstić information content (AvgIpc) is 2.38. The van der Waals surface area contributed by atoms with Crippen molar-refractivity contribution in [2.45, 2.75) is 20.0 Å². The van der Waals surface area contributed by atoms with Crippen molar-refractivity contribution in [3.05, 3.63) is 48.0 Å². The zero-order valence-corrected chi connectivity index (χ0v) is 12.5. The molecule has 0 saturated heterocycles. The van der Waals surface area contributed by atoms with E-state index in [0.717, 1.165) is 11.4 Å². The normalized spacial score (nSPS) is 11.2. The summed E-state index contributed by atoms with van der Waals surface area (Å²) in [4.78, 5) is 12.6. The summed E-state index contributed by atoms with van der Waals surface area (Å²) < 4.78 is 5.90. The van der Waals surface area contributed by atoms with Crippen LogP contribution in [0.1, 0.15) is 11.4 Å². The number of hydrogen-bond acceptors (Lipinski definition) is 4. The van der Waals surface area contributed by atoms with Crippen molar-refractivity contribution in [3.63, 3.8) is 0 Å². The van der Waals surface area contributed by atoms with E-state index >= 15 is 0 Å². The van der Waals surface area contributed by atoms with E-state index in [1.807, 2.05) is 25.1 Å². The molecule has 19 heavy (non-hydrogen) atoms. The van der Waals surface area contributed by atoms with Crippen molar-refractivity contribution in [1.82, 2.24) is 9.97 Å². The van der Waals surface area contributed by atoms with Gasteiger partial charge in [-0.1, -0.05) is 6.07 Å². The Morgan fingerprint density at radius 3 is 2.63 bits per heavy atom. The lowest BCUT2D eigenvalue weighted by atomic mass is 10.2. The molecule has 0 fully saturated rings. The van der Waals surface area contributed by atoms with Gasteiger partial charge in [-0.05, 0) is 43.8 Å². The molecule has 5 heteroatoms. The summed E-state index contributed by atoms with van der Waals surface area (Å²) >= 11 is 0. The maximum absolute atomic E-state index is 5.90. The van der Waals surface area contributed by atoms with Gasteiger partial charge in [0.25, 0.3) is 0 Å². The van der Waals surface area contributed by atoms with Crippen LogP contribution < -0.4 is 4.43 Å². The minimum atomic E-state index is -1.15. The highest BCUT2D eigenvalue weighted by Crippen LogP contribution is 2.28. The lowest BCUT2D eigenvalue weighted by Gasteiger charge is -2.12. The molecule has 0 N–H and O–H groups in total. The van der Waals surface area contributed by atoms with Gasteiger partial charge in [0.05, 0.1) is 6.21 Å². The lowest BCUT2D eigenvalue weighted by Crippen LogP contribution is -2.11. The predicted molar refractivity (Wildman–Crippen MR) is 80.0 cm³/mol. The number of benzene rings is 1. The summed E-state index contributed by atoms with van der Waals surface area (Å²) in [5.74, 6) is 1.43. The van der Waals surface area contributed by atoms with Gasteiger partial charge in [-0.15, -0.1) is 0 Å². The van der Waals surface area contributed by atoms with E-state index in [-0.39, 0.29) is 0 Å². The molecule has 0 saturated carbocycles. The quantitative estimate of drug-likeness (QED) is 0.634. The molecular formula is C14H17N3OSi. The van der Waals surface area contributed by atoms with Gasteiger partial charge < -0.3 is 4.43 Å². The molecule has 0 unspecified atom stereocenters. The van der Waals surface area contributed by atoms with E-state index < -0.39 is 9.04 Å². The van der Waals surface area contributed by atoms with Gasteiger partial charge in [-0.2, -0.15) is 0 Å². The smallest absolute Gasteiger partial charge is 0.229 e. The van der Waals surface area contributed by atoms with Crippen molar-refractivity contribution in [2.24, 2.45) is 4.99 Å². The molecule has 0 amide bonds. The fourth-order valence-corrected chi connectivity index (χ4v) is 2.28. The predicted octanol–water partition coefficient (Wildman–Crippen LogP) is 2.90. The van der Waals surface area contributed by atoms with Crippen LogP contribution >= 0.6 is 0 Å². The molecule has 0 bridgehead atoms. The Balaban J connectivity index is 2.26. The molecular weight excluding hydrogens is 254 g/mol. The average molecular weight is 271 g/mol. The fraction of sp³-hybridized carbons (Fsp3) is 0.214. The summed E-state index contributed by atoms with van der Waals surface area (Å²) in [6.45, 7) is 6.31. The second kappa shape index (κ2) is 6.24. The number of aryl methyl sites for hydroxylation is 1. The van der Waals surface area contributed by atoms with Gasteiger partial charge in [0.15, 0.2) is 5.82 Å². The standard InChI is InChI=1S/C14H17N3OSi/c1-11-5-6-12(13(9-11)18-19(2)3)17-10-14-15-7-4-8-16-14/h4-10,19H,1-3H3. The first-order valence-corrected chi connectivity index (χ1v) is 9.01. The third-order valence-electron chi connectivity index (χ3n) is 2.38. The van der Waals surface area contributed by atoms with E-state index in [2.05, 4.69) is 28.1 Å². The van der Waals surface area contributed by atoms with Crippen LogP contribution in [0, 0.1) is 6.92 Å². The van der Waals surface area contributed by atoms with Crippen LogP contribution in [0.25, 0.3) is 0 Å². The third kappa shape index (κ3) is 3.99. The van der Waals surface area contributed by atoms with Gasteiger partial charge >= 0.3 is 0 Å². The van der Waals surface area contributed by atoms with Crippen LogP contribution in [0.5, 0.6) is 5.75 Å². The van der Waals surface area contributed by atoms with Gasteiger partial charge in [0, 0.05) is 12.4 Å². The Bertz CT molecular complexity index is 570. The van der Waals surface area contributed by atoms with Crippen LogP contribution in [0.2, 0.25) is 13.1 Å². The van der Waals surface area contributed by atoms with E-state index in [0.29, 0.717) is 5.82 Å². The monoisotopic (exact) mass is 271 g/mol. The Morgan fingerprint density at radius 2 is 1.95 bits per heavy atom. The van der Waals surface area contributed by atoms with E-state index in [9.17, 15) is 0 Å². The SMILES string of the molecule is Cc1ccc(N=Cc2ncccn2)c(O[SiH](C)C)c1. The molecule has 0 atom stereocenters. The summed E-state index contributed by atoms with van der Waals surface area (Å²) in [7, 11) is -1.15. The van der Waals surface area contributed by atoms with Gasteiger partial charge in [-0.3, -0.25) is 0 Å². The van der Waals surface area contributed by atoms with Crippen molar-refractivity contribution in [3.8, 4) is 5.75 Å². The number of hydrogen-bond donors (Lipinski definition) is 0. The van der Waals surface area contributed by atoms with E-state index in [4.69, 9.17) is 4.43 Å². The van der Waals surface area contributed by atoms with Crippen LogP contribution in [-0.4, -0.2) is 25.2 Å². The molecule has 2 rings (SSSR count). The molecule has 0 aliphatic heterocycles. The Morgan fingerprint density at radius 1 is 1.21 bits per heavy atom. The first-order chi connectivity index (χ1) is 9.15. The molecule has 2 aromatic rings. The molecule has 1 heterocycles. The number of rotatable bonds is 4. The zero-order chi connectivity index (χ0) is 13.7. The van der Waals surface area contributed by atoms with Crippen LogP contribution in [0.4, 0.5) is 5.69 Å². The summed E-state index contributed by atoms with van der Waals surface area (Å²) in [6.07, 6.45) is 5.04. The van der Waals surface area contributed by atoms with Gasteiger partial charge in [0.1, 0.15) is 11.4 Å². The van der Waals surface area contributed by atoms with E-state index in [1.54, 1.807) is 24.7 Å². The molecule has 0 radical (unpaired) electrons. The van der Waals surface area contributed by atoms with E-state index in [1.165, 1.54) is 5.56 Å². The molecule has 0 aliphatic rings. The fourth-order valence-electron chi connectivity index (χ4n) is 1.58. The maximum atomic E-state index is 5.90. The highest BCUT2D eigenvalue weighted by molar-refractivity contribution is 6.49. The lowest BCUT2D eigenvalue weighted by molar-refractivity contribution is 0.581. The highest BCUT2D eigenvalue weighted by atomic mass is 28.3. The second-order valence-corrected chi connectivity index (χ2v) is 6.84. The Hall–Kier alpha value is -2.01. The first-order valence-electron chi connectivity index (χ1n) is 6.23. The minimum Gasteiger partial charge on any atom is -0.546 e. The Labute approximate surface area is 114 Å². The summed E-state index contributed by atoms with van der Waals surface area (Å²) in [5.41, 5.74) is 1.99. The highest BCUT2D eigenvalue weighted by Gasteiger charge is 2.05. The Kier molecular flexibility index (Phi) is 4.41. The van der Waals surface area contributed by atoms with Crippen molar-refractivity contribution < 1.29 is 4.43 Å². The second-order valence-electron chi connectivity index (χ2n) is 4.50. The maximum Gasteiger partial charge on any atom is 0.229 e. The van der Waals surface area contributed by atoms with Gasteiger partial charge in [-0.25, -0.2) is 15.0 Å². The van der Waals surface area contributed by atoms with Crippen molar-refractivity contribution >= 4 is 20.9 Å². The van der Waals surface area contributed by atoms with Crippen LogP contribution in [-0.2, 0) is 0 Å². The summed E-state index contributed by atoms with van der Waals surface area (Å²) in [5, 5.41) is 0. The number of aliphatic imine (C=N–C) groups is 1. The topological polar surface area (TPSA) is 47.4 Å². The zero-order valence-electron chi connectivity index (χ0n) is 11.4. The largest absolute Gasteiger partial charge is 0.546 e. The molecule has 0 spiro atoms. The van der Waals surface area contributed by atoms with Crippen molar-refractivity contribution in [2.75, 3.05) is 0 Å². The minimum absolute atomic E-state index is 0.593. The number of aromatic nitrogens is 2. The molecule has 1 aromatic carbocycles. The molecule has 1 aromatic heterocycles. The molecule has 98 valence electrons.